The topological polar surface area (TPSA) is 29.5 Å². The van der Waals surface area contributed by atoms with Crippen molar-refractivity contribution in [2.24, 2.45) is 11.8 Å². The lowest BCUT2D eigenvalue weighted by atomic mass is 9.87. The second kappa shape index (κ2) is 7.12. The number of hydrogen-bond donors (Lipinski definition) is 0. The summed E-state index contributed by atoms with van der Waals surface area (Å²) >= 11 is 0. The van der Waals surface area contributed by atoms with Crippen LogP contribution in [0.4, 0.5) is 0 Å². The molecule has 1 aliphatic heterocycles. The fraction of sp³-hybridized carbons (Fsp3) is 0.929. The maximum atomic E-state index is 11.9. The molecule has 0 radical (unpaired) electrons. The molecule has 1 fully saturated rings. The summed E-state index contributed by atoms with van der Waals surface area (Å²) in [5.74, 6) is 0.941. The zero-order chi connectivity index (χ0) is 12.8. The zero-order valence-electron chi connectivity index (χ0n) is 11.7. The van der Waals surface area contributed by atoms with E-state index in [1.165, 1.54) is 0 Å². The summed E-state index contributed by atoms with van der Waals surface area (Å²) in [6.07, 6.45) is 2.37. The number of ether oxygens (including phenoxy) is 1. The van der Waals surface area contributed by atoms with E-state index in [2.05, 4.69) is 18.7 Å². The molecule has 0 bridgehead atoms. The van der Waals surface area contributed by atoms with Crippen molar-refractivity contribution in [3.63, 3.8) is 0 Å². The van der Waals surface area contributed by atoms with Crippen LogP contribution in [0.3, 0.4) is 0 Å². The van der Waals surface area contributed by atoms with E-state index in [1.54, 1.807) is 0 Å². The second-order valence-corrected chi connectivity index (χ2v) is 5.59. The van der Waals surface area contributed by atoms with E-state index in [4.69, 9.17) is 4.74 Å². The van der Waals surface area contributed by atoms with Crippen molar-refractivity contribution in [2.45, 2.75) is 46.6 Å². The first kappa shape index (κ1) is 14.7. The number of rotatable bonds is 6. The molecule has 0 aliphatic carbocycles. The predicted molar refractivity (Wildman–Crippen MR) is 70.1 cm³/mol. The molecule has 1 aliphatic rings. The molecule has 0 aromatic heterocycles. The Bertz CT molecular complexity index is 230. The van der Waals surface area contributed by atoms with Crippen LogP contribution in [0.15, 0.2) is 0 Å². The van der Waals surface area contributed by atoms with Crippen LogP contribution in [-0.4, -0.2) is 43.0 Å². The summed E-state index contributed by atoms with van der Waals surface area (Å²) < 4.78 is 5.55. The van der Waals surface area contributed by atoms with Crippen LogP contribution in [0.1, 0.15) is 40.5 Å². The van der Waals surface area contributed by atoms with Crippen molar-refractivity contribution in [1.29, 1.82) is 0 Å². The van der Waals surface area contributed by atoms with Gasteiger partial charge in [0.25, 0.3) is 0 Å². The lowest BCUT2D eigenvalue weighted by Gasteiger charge is -2.31. The van der Waals surface area contributed by atoms with Crippen LogP contribution >= 0.6 is 0 Å². The maximum Gasteiger partial charge on any atom is 0.138 e. The van der Waals surface area contributed by atoms with E-state index >= 15 is 0 Å². The highest BCUT2D eigenvalue weighted by atomic mass is 16.5. The van der Waals surface area contributed by atoms with Gasteiger partial charge in [0.2, 0.25) is 0 Å². The molecule has 0 N–H and O–H groups in total. The minimum atomic E-state index is 0.191. The van der Waals surface area contributed by atoms with Crippen LogP contribution in [0.25, 0.3) is 0 Å². The Morgan fingerprint density at radius 2 is 1.82 bits per heavy atom. The highest BCUT2D eigenvalue weighted by molar-refractivity contribution is 5.82. The Hall–Kier alpha value is -0.410. The van der Waals surface area contributed by atoms with Crippen LogP contribution in [0, 0.1) is 11.8 Å². The third kappa shape index (κ3) is 5.17. The first-order chi connectivity index (χ1) is 8.00. The molecule has 17 heavy (non-hydrogen) atoms. The smallest absolute Gasteiger partial charge is 0.138 e. The molecule has 0 aromatic carbocycles. The SMILES string of the molecule is CC(C)OCCN1CCC(C(=O)C(C)C)CC1. The van der Waals surface area contributed by atoms with Gasteiger partial charge in [0.1, 0.15) is 5.78 Å². The average Bonchev–Trinajstić information content (AvgIpc) is 2.28. The van der Waals surface area contributed by atoms with Crippen molar-refractivity contribution in [1.82, 2.24) is 4.90 Å². The fourth-order valence-corrected chi connectivity index (χ4v) is 2.33. The van der Waals surface area contributed by atoms with Gasteiger partial charge >= 0.3 is 0 Å². The number of likely N-dealkylation sites (tertiary alicyclic amines) is 1. The molecule has 1 saturated heterocycles. The van der Waals surface area contributed by atoms with Gasteiger partial charge in [0, 0.05) is 18.4 Å². The third-order valence-corrected chi connectivity index (χ3v) is 3.42. The van der Waals surface area contributed by atoms with Crippen LogP contribution in [0.2, 0.25) is 0 Å². The van der Waals surface area contributed by atoms with E-state index in [0.29, 0.717) is 17.8 Å². The lowest BCUT2D eigenvalue weighted by Crippen LogP contribution is -2.39. The van der Waals surface area contributed by atoms with Gasteiger partial charge in [0.15, 0.2) is 0 Å². The highest BCUT2D eigenvalue weighted by Crippen LogP contribution is 2.20. The van der Waals surface area contributed by atoms with E-state index < -0.39 is 0 Å². The van der Waals surface area contributed by atoms with Crippen LogP contribution in [-0.2, 0) is 9.53 Å². The normalized spacial score (nSPS) is 19.2. The Balaban J connectivity index is 2.19. The number of nitrogens with zero attached hydrogens (tertiary/aromatic N) is 1. The Morgan fingerprint density at radius 1 is 1.24 bits per heavy atom. The lowest BCUT2D eigenvalue weighted by molar-refractivity contribution is -0.127. The zero-order valence-corrected chi connectivity index (χ0v) is 11.7. The van der Waals surface area contributed by atoms with Gasteiger partial charge in [-0.3, -0.25) is 4.79 Å². The highest BCUT2D eigenvalue weighted by Gasteiger charge is 2.25. The van der Waals surface area contributed by atoms with Crippen molar-refractivity contribution in [2.75, 3.05) is 26.2 Å². The molecule has 0 unspecified atom stereocenters. The number of hydrogen-bond acceptors (Lipinski definition) is 3. The minimum absolute atomic E-state index is 0.191. The molecule has 0 aromatic rings. The van der Waals surface area contributed by atoms with Crippen LogP contribution < -0.4 is 0 Å². The summed E-state index contributed by atoms with van der Waals surface area (Å²) in [6, 6.07) is 0. The number of carbonyl (C=O) groups is 1. The standard InChI is InChI=1S/C14H27NO2/c1-11(2)14(16)13-5-7-15(8-6-13)9-10-17-12(3)4/h11-13H,5-10H2,1-4H3. The molecule has 3 heteroatoms. The molecule has 0 saturated carbocycles. The summed E-state index contributed by atoms with van der Waals surface area (Å²) in [5, 5.41) is 0. The Kier molecular flexibility index (Phi) is 6.14. The van der Waals surface area contributed by atoms with Gasteiger partial charge in [-0.05, 0) is 39.8 Å². The van der Waals surface area contributed by atoms with Crippen molar-refractivity contribution < 1.29 is 9.53 Å². The molecule has 0 amide bonds. The number of piperidine rings is 1. The maximum absolute atomic E-state index is 11.9. The quantitative estimate of drug-likeness (QED) is 0.715. The number of Topliss-reactive ketones (excluding diaryl/α,β-unsaturated/α-hetero) is 1. The fourth-order valence-electron chi connectivity index (χ4n) is 2.33. The van der Waals surface area contributed by atoms with Crippen molar-refractivity contribution in [3.05, 3.63) is 0 Å². The van der Waals surface area contributed by atoms with Gasteiger partial charge in [-0.25, -0.2) is 0 Å². The van der Waals surface area contributed by atoms with Gasteiger partial charge < -0.3 is 9.64 Å². The summed E-state index contributed by atoms with van der Waals surface area (Å²) in [4.78, 5) is 14.3. The first-order valence-corrected chi connectivity index (χ1v) is 6.88. The van der Waals surface area contributed by atoms with Gasteiger partial charge in [0.05, 0.1) is 12.7 Å². The summed E-state index contributed by atoms with van der Waals surface area (Å²) in [5.41, 5.74) is 0. The average molecular weight is 241 g/mol. The second-order valence-electron chi connectivity index (χ2n) is 5.59. The molecule has 1 heterocycles. The van der Waals surface area contributed by atoms with E-state index in [-0.39, 0.29) is 5.92 Å². The minimum Gasteiger partial charge on any atom is -0.377 e. The van der Waals surface area contributed by atoms with E-state index in [1.807, 2.05) is 13.8 Å². The van der Waals surface area contributed by atoms with E-state index in [0.717, 1.165) is 39.1 Å². The molecule has 0 spiro atoms. The molecular formula is C14H27NO2. The van der Waals surface area contributed by atoms with Gasteiger partial charge in [-0.2, -0.15) is 0 Å². The summed E-state index contributed by atoms with van der Waals surface area (Å²) in [6.45, 7) is 12.0. The van der Waals surface area contributed by atoms with E-state index in [9.17, 15) is 4.79 Å². The predicted octanol–water partition coefficient (Wildman–Crippen LogP) is 2.35. The molecule has 1 rings (SSSR count). The largest absolute Gasteiger partial charge is 0.377 e. The van der Waals surface area contributed by atoms with Crippen LogP contribution in [0.5, 0.6) is 0 Å². The third-order valence-electron chi connectivity index (χ3n) is 3.42. The monoisotopic (exact) mass is 241 g/mol. The first-order valence-electron chi connectivity index (χ1n) is 6.88. The molecule has 100 valence electrons. The molecular weight excluding hydrogens is 214 g/mol. The molecule has 0 atom stereocenters. The summed E-state index contributed by atoms with van der Waals surface area (Å²) in [7, 11) is 0. The van der Waals surface area contributed by atoms with Gasteiger partial charge in [-0.1, -0.05) is 13.8 Å². The van der Waals surface area contributed by atoms with Gasteiger partial charge in [-0.15, -0.1) is 0 Å². The van der Waals surface area contributed by atoms with Crippen molar-refractivity contribution in [3.8, 4) is 0 Å². The number of ketones is 1. The van der Waals surface area contributed by atoms with Crippen molar-refractivity contribution >= 4 is 5.78 Å². The Morgan fingerprint density at radius 3 is 2.29 bits per heavy atom. The Labute approximate surface area is 106 Å². The molecule has 3 nitrogen and oxygen atoms in total. The number of carbonyl (C=O) groups excluding carboxylic acids is 1.